The minimum absolute atomic E-state index is 0.0166. The summed E-state index contributed by atoms with van der Waals surface area (Å²) >= 11 is 0. The van der Waals surface area contributed by atoms with Crippen molar-refractivity contribution in [2.45, 2.75) is 26.3 Å². The predicted molar refractivity (Wildman–Crippen MR) is 131 cm³/mol. The zero-order valence-corrected chi connectivity index (χ0v) is 19.8. The highest BCUT2D eigenvalue weighted by Gasteiger charge is 2.29. The number of amides is 2. The van der Waals surface area contributed by atoms with Gasteiger partial charge in [0.1, 0.15) is 6.54 Å². The maximum atomic E-state index is 13.1. The third-order valence-corrected chi connectivity index (χ3v) is 6.44. The second-order valence-corrected chi connectivity index (χ2v) is 8.70. The molecule has 1 aromatic heterocycles. The minimum atomic E-state index is -0.185. The molecule has 2 amide bonds. The zero-order chi connectivity index (χ0) is 24.1. The molecule has 1 aliphatic heterocycles. The largest absolute Gasteiger partial charge is 0.466 e. The maximum Gasteiger partial charge on any atom is 0.309 e. The molecule has 3 aromatic rings. The molecule has 178 valence electrons. The molecule has 0 radical (unpaired) electrons. The first-order valence-corrected chi connectivity index (χ1v) is 11.8. The number of hydrogen-bond donors (Lipinski definition) is 0. The molecule has 4 rings (SSSR count). The molecule has 7 nitrogen and oxygen atoms in total. The zero-order valence-electron chi connectivity index (χ0n) is 19.8. The molecule has 0 N–H and O–H groups in total. The Hall–Kier alpha value is -3.61. The van der Waals surface area contributed by atoms with E-state index in [1.807, 2.05) is 59.2 Å². The maximum absolute atomic E-state index is 13.1. The van der Waals surface area contributed by atoms with Crippen molar-refractivity contribution in [3.8, 4) is 11.3 Å². The third-order valence-electron chi connectivity index (χ3n) is 6.44. The second kappa shape index (κ2) is 10.5. The number of para-hydroxylation sites is 1. The Morgan fingerprint density at radius 1 is 1.00 bits per heavy atom. The summed E-state index contributed by atoms with van der Waals surface area (Å²) in [6, 6.07) is 20.1. The summed E-state index contributed by atoms with van der Waals surface area (Å²) in [6.07, 6.45) is 1.19. The van der Waals surface area contributed by atoms with Crippen LogP contribution in [0.15, 0.2) is 60.7 Å². The van der Waals surface area contributed by atoms with E-state index in [-0.39, 0.29) is 36.8 Å². The van der Waals surface area contributed by atoms with E-state index in [0.29, 0.717) is 32.5 Å². The average molecular weight is 462 g/mol. The monoisotopic (exact) mass is 461 g/mol. The van der Waals surface area contributed by atoms with Crippen molar-refractivity contribution in [1.29, 1.82) is 0 Å². The fourth-order valence-electron chi connectivity index (χ4n) is 4.50. The molecule has 2 heterocycles. The van der Waals surface area contributed by atoms with Crippen molar-refractivity contribution in [3.63, 3.8) is 0 Å². The van der Waals surface area contributed by atoms with Crippen molar-refractivity contribution in [3.05, 3.63) is 60.7 Å². The lowest BCUT2D eigenvalue weighted by Crippen LogP contribution is -2.46. The van der Waals surface area contributed by atoms with Crippen molar-refractivity contribution >= 4 is 28.7 Å². The van der Waals surface area contributed by atoms with E-state index in [1.54, 1.807) is 18.9 Å². The van der Waals surface area contributed by atoms with Gasteiger partial charge in [0.25, 0.3) is 0 Å². The van der Waals surface area contributed by atoms with E-state index in [4.69, 9.17) is 4.74 Å². The van der Waals surface area contributed by atoms with E-state index >= 15 is 0 Å². The van der Waals surface area contributed by atoms with E-state index in [0.717, 1.165) is 22.2 Å². The number of fused-ring (bicyclic) bond motifs is 1. The van der Waals surface area contributed by atoms with Crippen LogP contribution in [-0.4, -0.2) is 65.4 Å². The van der Waals surface area contributed by atoms with Crippen molar-refractivity contribution < 1.29 is 19.1 Å². The van der Waals surface area contributed by atoms with Gasteiger partial charge in [0.2, 0.25) is 11.8 Å². The van der Waals surface area contributed by atoms with E-state index in [1.165, 1.54) is 4.90 Å². The van der Waals surface area contributed by atoms with Crippen LogP contribution in [0.25, 0.3) is 22.2 Å². The summed E-state index contributed by atoms with van der Waals surface area (Å²) in [6.45, 7) is 3.33. The van der Waals surface area contributed by atoms with Crippen molar-refractivity contribution in [2.75, 3.05) is 33.3 Å². The second-order valence-electron chi connectivity index (χ2n) is 8.70. The van der Waals surface area contributed by atoms with Crippen LogP contribution in [0.3, 0.4) is 0 Å². The Morgan fingerprint density at radius 3 is 2.38 bits per heavy atom. The molecule has 2 aromatic carbocycles. The molecule has 34 heavy (non-hydrogen) atoms. The summed E-state index contributed by atoms with van der Waals surface area (Å²) in [5, 5.41) is 1.07. The Labute approximate surface area is 199 Å². The van der Waals surface area contributed by atoms with Gasteiger partial charge in [-0.1, -0.05) is 48.5 Å². The fraction of sp³-hybridized carbons (Fsp3) is 0.370. The fourth-order valence-corrected chi connectivity index (χ4v) is 4.50. The number of esters is 1. The smallest absolute Gasteiger partial charge is 0.309 e. The predicted octanol–water partition coefficient (Wildman–Crippen LogP) is 3.57. The summed E-state index contributed by atoms with van der Waals surface area (Å²) in [5.41, 5.74) is 2.99. The van der Waals surface area contributed by atoms with E-state index in [2.05, 4.69) is 6.07 Å². The highest BCUT2D eigenvalue weighted by Crippen LogP contribution is 2.28. The van der Waals surface area contributed by atoms with E-state index < -0.39 is 0 Å². The van der Waals surface area contributed by atoms with Gasteiger partial charge in [0, 0.05) is 36.7 Å². The van der Waals surface area contributed by atoms with Crippen molar-refractivity contribution in [2.24, 2.45) is 5.92 Å². The van der Waals surface area contributed by atoms with Crippen LogP contribution in [0.1, 0.15) is 19.8 Å². The lowest BCUT2D eigenvalue weighted by atomic mass is 9.97. The summed E-state index contributed by atoms with van der Waals surface area (Å²) < 4.78 is 7.11. The van der Waals surface area contributed by atoms with Gasteiger partial charge in [-0.3, -0.25) is 14.4 Å². The van der Waals surface area contributed by atoms with E-state index in [9.17, 15) is 14.4 Å². The number of likely N-dealkylation sites (tertiary alicyclic amines) is 1. The minimum Gasteiger partial charge on any atom is -0.466 e. The van der Waals surface area contributed by atoms with Crippen LogP contribution in [0.2, 0.25) is 0 Å². The molecule has 1 aliphatic rings. The van der Waals surface area contributed by atoms with Gasteiger partial charge in [-0.25, -0.2) is 0 Å². The van der Waals surface area contributed by atoms with Gasteiger partial charge < -0.3 is 19.1 Å². The molecule has 0 atom stereocenters. The molecule has 0 spiro atoms. The number of likely N-dealkylation sites (N-methyl/N-ethyl adjacent to an activating group) is 1. The summed E-state index contributed by atoms with van der Waals surface area (Å²) in [5.74, 6) is -0.566. The summed E-state index contributed by atoms with van der Waals surface area (Å²) in [7, 11) is 1.67. The van der Waals surface area contributed by atoms with Crippen LogP contribution >= 0.6 is 0 Å². The van der Waals surface area contributed by atoms with Crippen LogP contribution in [0.4, 0.5) is 0 Å². The number of ether oxygens (including phenoxy) is 1. The van der Waals surface area contributed by atoms with Crippen LogP contribution < -0.4 is 0 Å². The van der Waals surface area contributed by atoms with Gasteiger partial charge in [0.15, 0.2) is 0 Å². The normalized spacial score (nSPS) is 14.2. The number of rotatable bonds is 7. The van der Waals surface area contributed by atoms with Gasteiger partial charge in [-0.05, 0) is 37.5 Å². The molecule has 0 bridgehead atoms. The molecule has 1 saturated heterocycles. The Morgan fingerprint density at radius 2 is 1.68 bits per heavy atom. The van der Waals surface area contributed by atoms with Gasteiger partial charge in [0.05, 0.1) is 19.1 Å². The molecule has 0 aliphatic carbocycles. The van der Waals surface area contributed by atoms with Crippen LogP contribution in [-0.2, 0) is 25.7 Å². The average Bonchev–Trinajstić information content (AvgIpc) is 3.23. The molecule has 0 unspecified atom stereocenters. The number of benzene rings is 2. The summed E-state index contributed by atoms with van der Waals surface area (Å²) in [4.78, 5) is 41.1. The van der Waals surface area contributed by atoms with Crippen LogP contribution in [0, 0.1) is 5.92 Å². The highest BCUT2D eigenvalue weighted by atomic mass is 16.5. The Bertz CT molecular complexity index is 1160. The number of carbonyl (C=O) groups is 3. The molecule has 0 saturated carbocycles. The standard InChI is InChI=1S/C27H31N3O4/c1-3-34-27(33)21-13-15-29(16-14-21)26(32)18-28(2)25(31)19-30-23-12-8-7-11-22(23)17-24(30)20-9-5-4-6-10-20/h4-12,17,21H,3,13-16,18-19H2,1-2H3. The molecular formula is C27H31N3O4. The Balaban J connectivity index is 1.42. The number of carbonyl (C=O) groups excluding carboxylic acids is 3. The number of piperidine rings is 1. The highest BCUT2D eigenvalue weighted by molar-refractivity contribution is 5.90. The SMILES string of the molecule is CCOC(=O)C1CCN(C(=O)CN(C)C(=O)Cn2c(-c3ccccc3)cc3ccccc32)CC1. The third kappa shape index (κ3) is 5.14. The number of aromatic nitrogens is 1. The number of hydrogen-bond acceptors (Lipinski definition) is 4. The quantitative estimate of drug-likeness (QED) is 0.505. The first-order chi connectivity index (χ1) is 16.5. The molecular weight excluding hydrogens is 430 g/mol. The van der Waals surface area contributed by atoms with Crippen molar-refractivity contribution in [1.82, 2.24) is 14.4 Å². The first kappa shape index (κ1) is 23.5. The van der Waals surface area contributed by atoms with Crippen LogP contribution in [0.5, 0.6) is 0 Å². The topological polar surface area (TPSA) is 71.8 Å². The lowest BCUT2D eigenvalue weighted by Gasteiger charge is -2.32. The Kier molecular flexibility index (Phi) is 7.30. The lowest BCUT2D eigenvalue weighted by molar-refractivity contribution is -0.151. The van der Waals surface area contributed by atoms with Gasteiger partial charge >= 0.3 is 5.97 Å². The van der Waals surface area contributed by atoms with Gasteiger partial charge in [-0.2, -0.15) is 0 Å². The van der Waals surface area contributed by atoms with Gasteiger partial charge in [-0.15, -0.1) is 0 Å². The number of nitrogens with zero attached hydrogens (tertiary/aromatic N) is 3. The first-order valence-electron chi connectivity index (χ1n) is 11.8. The molecule has 7 heteroatoms. The molecule has 1 fully saturated rings.